The van der Waals surface area contributed by atoms with Gasteiger partial charge in [-0.2, -0.15) is 0 Å². The Morgan fingerprint density at radius 3 is 2.39 bits per heavy atom. The zero-order chi connectivity index (χ0) is 13.8. The van der Waals surface area contributed by atoms with Gasteiger partial charge in [-0.1, -0.05) is 13.3 Å². The molecule has 0 aliphatic carbocycles. The SMILES string of the molecule is CCCC(C)(N)C(=O)NC1CCN(C(C)=O)CC1. The van der Waals surface area contributed by atoms with Gasteiger partial charge in [0, 0.05) is 26.1 Å². The molecule has 18 heavy (non-hydrogen) atoms. The van der Waals surface area contributed by atoms with E-state index in [1.807, 2.05) is 11.8 Å². The van der Waals surface area contributed by atoms with Crippen LogP contribution in [0.3, 0.4) is 0 Å². The van der Waals surface area contributed by atoms with Gasteiger partial charge in [0.15, 0.2) is 0 Å². The molecule has 3 N–H and O–H groups in total. The minimum absolute atomic E-state index is 0.0781. The molecule has 1 atom stereocenters. The van der Waals surface area contributed by atoms with Gasteiger partial charge >= 0.3 is 0 Å². The molecule has 0 bridgehead atoms. The second-order valence-corrected chi connectivity index (χ2v) is 5.42. The van der Waals surface area contributed by atoms with E-state index in [1.165, 1.54) is 0 Å². The molecule has 0 saturated carbocycles. The predicted octanol–water partition coefficient (Wildman–Crippen LogP) is 0.631. The highest BCUT2D eigenvalue weighted by Gasteiger charge is 2.30. The number of likely N-dealkylation sites (tertiary alicyclic amines) is 1. The number of piperidine rings is 1. The summed E-state index contributed by atoms with van der Waals surface area (Å²) < 4.78 is 0. The van der Waals surface area contributed by atoms with Gasteiger partial charge in [0.1, 0.15) is 0 Å². The molecule has 5 heteroatoms. The maximum atomic E-state index is 12.0. The lowest BCUT2D eigenvalue weighted by molar-refractivity contribution is -0.130. The Morgan fingerprint density at radius 2 is 1.94 bits per heavy atom. The Balaban J connectivity index is 2.41. The van der Waals surface area contributed by atoms with Crippen LogP contribution in [-0.2, 0) is 9.59 Å². The summed E-state index contributed by atoms with van der Waals surface area (Å²) in [4.78, 5) is 25.0. The summed E-state index contributed by atoms with van der Waals surface area (Å²) in [7, 11) is 0. The third-order valence-electron chi connectivity index (χ3n) is 3.56. The zero-order valence-corrected chi connectivity index (χ0v) is 11.7. The van der Waals surface area contributed by atoms with Crippen molar-refractivity contribution in [2.24, 2.45) is 5.73 Å². The lowest BCUT2D eigenvalue weighted by Gasteiger charge is -2.33. The van der Waals surface area contributed by atoms with E-state index < -0.39 is 5.54 Å². The van der Waals surface area contributed by atoms with Crippen molar-refractivity contribution in [2.45, 2.75) is 58.0 Å². The standard InChI is InChI=1S/C13H25N3O2/c1-4-7-13(3,14)12(18)15-11-5-8-16(9-6-11)10(2)17/h11H,4-9,14H2,1-3H3,(H,15,18). The first-order valence-corrected chi connectivity index (χ1v) is 6.72. The van der Waals surface area contributed by atoms with Crippen LogP contribution in [0.5, 0.6) is 0 Å². The summed E-state index contributed by atoms with van der Waals surface area (Å²) >= 11 is 0. The van der Waals surface area contributed by atoms with E-state index in [4.69, 9.17) is 5.73 Å². The van der Waals surface area contributed by atoms with E-state index in [0.29, 0.717) is 6.42 Å². The molecule has 0 radical (unpaired) electrons. The van der Waals surface area contributed by atoms with E-state index in [1.54, 1.807) is 13.8 Å². The third-order valence-corrected chi connectivity index (χ3v) is 3.56. The van der Waals surface area contributed by atoms with E-state index in [-0.39, 0.29) is 17.9 Å². The van der Waals surface area contributed by atoms with E-state index in [9.17, 15) is 9.59 Å². The van der Waals surface area contributed by atoms with Crippen molar-refractivity contribution in [1.82, 2.24) is 10.2 Å². The van der Waals surface area contributed by atoms with E-state index in [0.717, 1.165) is 32.4 Å². The number of nitrogens with zero attached hydrogens (tertiary/aromatic N) is 1. The van der Waals surface area contributed by atoms with Crippen molar-refractivity contribution in [2.75, 3.05) is 13.1 Å². The predicted molar refractivity (Wildman–Crippen MR) is 70.9 cm³/mol. The number of carbonyl (C=O) groups is 2. The lowest BCUT2D eigenvalue weighted by Crippen LogP contribution is -2.56. The van der Waals surface area contributed by atoms with Crippen LogP contribution in [0.25, 0.3) is 0 Å². The number of carbonyl (C=O) groups excluding carboxylic acids is 2. The Kier molecular flexibility index (Phi) is 5.14. The first-order valence-electron chi connectivity index (χ1n) is 6.72. The van der Waals surface area contributed by atoms with Crippen LogP contribution in [-0.4, -0.2) is 41.4 Å². The Morgan fingerprint density at radius 1 is 1.39 bits per heavy atom. The van der Waals surface area contributed by atoms with Crippen molar-refractivity contribution >= 4 is 11.8 Å². The van der Waals surface area contributed by atoms with E-state index >= 15 is 0 Å². The van der Waals surface area contributed by atoms with Crippen LogP contribution in [0.4, 0.5) is 0 Å². The van der Waals surface area contributed by atoms with Crippen molar-refractivity contribution < 1.29 is 9.59 Å². The van der Waals surface area contributed by atoms with Crippen molar-refractivity contribution in [3.05, 3.63) is 0 Å². The fourth-order valence-electron chi connectivity index (χ4n) is 2.32. The quantitative estimate of drug-likeness (QED) is 0.773. The molecule has 0 spiro atoms. The normalized spacial score (nSPS) is 20.3. The number of nitrogens with one attached hydrogen (secondary N) is 1. The first kappa shape index (κ1) is 15.0. The molecular formula is C13H25N3O2. The lowest BCUT2D eigenvalue weighted by atomic mass is 9.95. The van der Waals surface area contributed by atoms with Gasteiger partial charge in [-0.3, -0.25) is 9.59 Å². The molecule has 0 aromatic rings. The Labute approximate surface area is 109 Å². The highest BCUT2D eigenvalue weighted by molar-refractivity contribution is 5.85. The summed E-state index contributed by atoms with van der Waals surface area (Å²) in [6.45, 7) is 6.81. The van der Waals surface area contributed by atoms with Gasteiger partial charge in [-0.25, -0.2) is 0 Å². The Hall–Kier alpha value is -1.10. The monoisotopic (exact) mass is 255 g/mol. The molecule has 1 aliphatic heterocycles. The summed E-state index contributed by atoms with van der Waals surface area (Å²) in [6, 6.07) is 0.146. The number of amides is 2. The minimum Gasteiger partial charge on any atom is -0.352 e. The average Bonchev–Trinajstić information content (AvgIpc) is 2.29. The Bertz CT molecular complexity index is 307. The second-order valence-electron chi connectivity index (χ2n) is 5.42. The molecule has 0 aromatic carbocycles. The highest BCUT2D eigenvalue weighted by Crippen LogP contribution is 2.13. The first-order chi connectivity index (χ1) is 8.36. The third kappa shape index (κ3) is 3.98. The summed E-state index contributed by atoms with van der Waals surface area (Å²) in [5, 5.41) is 3.00. The number of hydrogen-bond donors (Lipinski definition) is 2. The van der Waals surface area contributed by atoms with Gasteiger partial charge < -0.3 is 16.0 Å². The molecule has 1 aliphatic rings. The average molecular weight is 255 g/mol. The summed E-state index contributed by atoms with van der Waals surface area (Å²) in [6.07, 6.45) is 3.20. The molecule has 0 aromatic heterocycles. The van der Waals surface area contributed by atoms with Crippen molar-refractivity contribution in [1.29, 1.82) is 0 Å². The molecule has 5 nitrogen and oxygen atoms in total. The molecule has 1 fully saturated rings. The number of hydrogen-bond acceptors (Lipinski definition) is 3. The smallest absolute Gasteiger partial charge is 0.240 e. The zero-order valence-electron chi connectivity index (χ0n) is 11.7. The minimum atomic E-state index is -0.785. The molecule has 1 unspecified atom stereocenters. The number of rotatable bonds is 4. The van der Waals surface area contributed by atoms with Crippen molar-refractivity contribution in [3.63, 3.8) is 0 Å². The topological polar surface area (TPSA) is 75.4 Å². The highest BCUT2D eigenvalue weighted by atomic mass is 16.2. The maximum absolute atomic E-state index is 12.0. The van der Waals surface area contributed by atoms with Crippen LogP contribution in [0, 0.1) is 0 Å². The van der Waals surface area contributed by atoms with Crippen LogP contribution in [0.1, 0.15) is 46.5 Å². The second kappa shape index (κ2) is 6.18. The van der Waals surface area contributed by atoms with Crippen LogP contribution in [0.2, 0.25) is 0 Å². The molecular weight excluding hydrogens is 230 g/mol. The molecule has 104 valence electrons. The molecule has 1 heterocycles. The largest absolute Gasteiger partial charge is 0.352 e. The van der Waals surface area contributed by atoms with Crippen LogP contribution < -0.4 is 11.1 Å². The van der Waals surface area contributed by atoms with E-state index in [2.05, 4.69) is 5.32 Å². The molecule has 1 rings (SSSR count). The van der Waals surface area contributed by atoms with Gasteiger partial charge in [0.25, 0.3) is 0 Å². The van der Waals surface area contributed by atoms with Gasteiger partial charge in [0.05, 0.1) is 5.54 Å². The summed E-state index contributed by atoms with van der Waals surface area (Å²) in [5.74, 6) is 0.0278. The summed E-state index contributed by atoms with van der Waals surface area (Å²) in [5.41, 5.74) is 5.20. The van der Waals surface area contributed by atoms with Gasteiger partial charge in [0.2, 0.25) is 11.8 Å². The fourth-order valence-corrected chi connectivity index (χ4v) is 2.32. The van der Waals surface area contributed by atoms with Crippen LogP contribution in [0.15, 0.2) is 0 Å². The van der Waals surface area contributed by atoms with Gasteiger partial charge in [-0.05, 0) is 26.2 Å². The van der Waals surface area contributed by atoms with Crippen LogP contribution >= 0.6 is 0 Å². The van der Waals surface area contributed by atoms with Gasteiger partial charge in [-0.15, -0.1) is 0 Å². The fraction of sp³-hybridized carbons (Fsp3) is 0.846. The number of nitrogens with two attached hydrogens (primary N) is 1. The van der Waals surface area contributed by atoms with Crippen molar-refractivity contribution in [3.8, 4) is 0 Å². The molecule has 1 saturated heterocycles. The molecule has 2 amide bonds. The maximum Gasteiger partial charge on any atom is 0.240 e.